The molecule has 0 spiro atoms. The zero-order valence-corrected chi connectivity index (χ0v) is 12.6. The smallest absolute Gasteiger partial charge is 0.161 e. The highest BCUT2D eigenvalue weighted by atomic mass is 32.2. The van der Waals surface area contributed by atoms with Gasteiger partial charge in [-0.15, -0.1) is 0 Å². The van der Waals surface area contributed by atoms with Crippen LogP contribution in [0.15, 0.2) is 18.2 Å². The van der Waals surface area contributed by atoms with Crippen molar-refractivity contribution in [1.29, 1.82) is 5.26 Å². The van der Waals surface area contributed by atoms with Crippen LogP contribution < -0.4 is 9.47 Å². The summed E-state index contributed by atoms with van der Waals surface area (Å²) in [6.07, 6.45) is 1.96. The molecule has 0 aromatic heterocycles. The standard InChI is InChI=1S/C15H21NO2S/c1-4-8-18-14-6-5-13(10-15(14)17-3)12(2)7-9-19-11-16/h5-6,10,12H,4,7-9H2,1-3H3. The van der Waals surface area contributed by atoms with Crippen LogP contribution >= 0.6 is 11.8 Å². The second-order valence-electron chi connectivity index (χ2n) is 4.39. The van der Waals surface area contributed by atoms with Gasteiger partial charge in [-0.05, 0) is 48.2 Å². The zero-order chi connectivity index (χ0) is 14.1. The maximum Gasteiger partial charge on any atom is 0.161 e. The fourth-order valence-electron chi connectivity index (χ4n) is 1.77. The van der Waals surface area contributed by atoms with Gasteiger partial charge in [-0.25, -0.2) is 0 Å². The average Bonchev–Trinajstić information content (AvgIpc) is 2.45. The molecule has 3 nitrogen and oxygen atoms in total. The Kier molecular flexibility index (Phi) is 7.20. The van der Waals surface area contributed by atoms with Gasteiger partial charge in [0.05, 0.1) is 13.7 Å². The van der Waals surface area contributed by atoms with Crippen molar-refractivity contribution in [2.75, 3.05) is 19.5 Å². The number of thiocyanates is 1. The van der Waals surface area contributed by atoms with Gasteiger partial charge in [0.1, 0.15) is 5.40 Å². The van der Waals surface area contributed by atoms with Gasteiger partial charge in [-0.1, -0.05) is 19.9 Å². The lowest BCUT2D eigenvalue weighted by atomic mass is 9.98. The van der Waals surface area contributed by atoms with E-state index in [0.29, 0.717) is 12.5 Å². The molecule has 0 amide bonds. The molecule has 0 aliphatic heterocycles. The molecule has 0 N–H and O–H groups in total. The molecule has 19 heavy (non-hydrogen) atoms. The summed E-state index contributed by atoms with van der Waals surface area (Å²) in [6, 6.07) is 6.08. The SMILES string of the molecule is CCCOc1ccc(C(C)CCSC#N)cc1OC. The molecule has 1 aromatic rings. The number of ether oxygens (including phenoxy) is 2. The van der Waals surface area contributed by atoms with Crippen molar-refractivity contribution < 1.29 is 9.47 Å². The third-order valence-corrected chi connectivity index (χ3v) is 3.50. The van der Waals surface area contributed by atoms with Crippen molar-refractivity contribution in [3.8, 4) is 16.9 Å². The molecule has 104 valence electrons. The summed E-state index contributed by atoms with van der Waals surface area (Å²) in [7, 11) is 1.66. The number of nitrogens with zero attached hydrogens (tertiary/aromatic N) is 1. The van der Waals surface area contributed by atoms with E-state index in [1.54, 1.807) is 7.11 Å². The molecule has 1 rings (SSSR count). The number of thioether (sulfide) groups is 1. The molecule has 0 heterocycles. The van der Waals surface area contributed by atoms with Crippen LogP contribution in [-0.4, -0.2) is 19.5 Å². The molecule has 0 radical (unpaired) electrons. The maximum absolute atomic E-state index is 8.53. The van der Waals surface area contributed by atoms with Gasteiger partial charge in [0.25, 0.3) is 0 Å². The minimum Gasteiger partial charge on any atom is -0.493 e. The fraction of sp³-hybridized carbons (Fsp3) is 0.533. The summed E-state index contributed by atoms with van der Waals surface area (Å²) in [5.41, 5.74) is 1.22. The van der Waals surface area contributed by atoms with E-state index in [4.69, 9.17) is 14.7 Å². The molecule has 0 aliphatic carbocycles. The summed E-state index contributed by atoms with van der Waals surface area (Å²) in [6.45, 7) is 4.94. The Labute approximate surface area is 119 Å². The van der Waals surface area contributed by atoms with Gasteiger partial charge in [0.15, 0.2) is 11.5 Å². The molecule has 0 saturated heterocycles. The number of benzene rings is 1. The molecule has 0 saturated carbocycles. The third kappa shape index (κ3) is 5.04. The van der Waals surface area contributed by atoms with Crippen molar-refractivity contribution in [1.82, 2.24) is 0 Å². The van der Waals surface area contributed by atoms with Gasteiger partial charge in [0.2, 0.25) is 0 Å². The highest BCUT2D eigenvalue weighted by molar-refractivity contribution is 8.03. The second kappa shape index (κ2) is 8.71. The minimum absolute atomic E-state index is 0.412. The van der Waals surface area contributed by atoms with E-state index < -0.39 is 0 Å². The van der Waals surface area contributed by atoms with Crippen molar-refractivity contribution in [2.24, 2.45) is 0 Å². The first-order valence-corrected chi connectivity index (χ1v) is 7.53. The van der Waals surface area contributed by atoms with Crippen LogP contribution in [0.25, 0.3) is 0 Å². The van der Waals surface area contributed by atoms with Crippen LogP contribution in [0.1, 0.15) is 38.2 Å². The number of nitriles is 1. The molecule has 4 heteroatoms. The largest absolute Gasteiger partial charge is 0.493 e. The highest BCUT2D eigenvalue weighted by Gasteiger charge is 2.10. The summed E-state index contributed by atoms with van der Waals surface area (Å²) < 4.78 is 11.0. The lowest BCUT2D eigenvalue weighted by molar-refractivity contribution is 0.294. The lowest BCUT2D eigenvalue weighted by Crippen LogP contribution is -2.00. The first-order valence-electron chi connectivity index (χ1n) is 6.54. The number of hydrogen-bond acceptors (Lipinski definition) is 4. The van der Waals surface area contributed by atoms with Crippen molar-refractivity contribution in [3.05, 3.63) is 23.8 Å². The Morgan fingerprint density at radius 1 is 1.37 bits per heavy atom. The van der Waals surface area contributed by atoms with Crippen LogP contribution in [0.3, 0.4) is 0 Å². The topological polar surface area (TPSA) is 42.2 Å². The Bertz CT molecular complexity index is 429. The number of methoxy groups -OCH3 is 1. The number of hydrogen-bond donors (Lipinski definition) is 0. The fourth-order valence-corrected chi connectivity index (χ4v) is 2.33. The molecule has 0 bridgehead atoms. The Morgan fingerprint density at radius 2 is 2.16 bits per heavy atom. The predicted molar refractivity (Wildman–Crippen MR) is 79.9 cm³/mol. The van der Waals surface area contributed by atoms with Gasteiger partial charge >= 0.3 is 0 Å². The molecule has 0 fully saturated rings. The maximum atomic E-state index is 8.53. The van der Waals surface area contributed by atoms with E-state index in [1.807, 2.05) is 12.1 Å². The van der Waals surface area contributed by atoms with E-state index in [0.717, 1.165) is 30.1 Å². The average molecular weight is 279 g/mol. The summed E-state index contributed by atoms with van der Waals surface area (Å²) in [5, 5.41) is 10.6. The molecule has 0 aliphatic rings. The van der Waals surface area contributed by atoms with E-state index in [2.05, 4.69) is 25.3 Å². The lowest BCUT2D eigenvalue weighted by Gasteiger charge is -2.15. The van der Waals surface area contributed by atoms with Crippen LogP contribution in [0.2, 0.25) is 0 Å². The molecular weight excluding hydrogens is 258 g/mol. The Balaban J connectivity index is 2.72. The molecular formula is C15H21NO2S. The van der Waals surface area contributed by atoms with Gasteiger partial charge in [-0.2, -0.15) is 5.26 Å². The van der Waals surface area contributed by atoms with Crippen molar-refractivity contribution >= 4 is 11.8 Å². The van der Waals surface area contributed by atoms with E-state index in [-0.39, 0.29) is 0 Å². The number of rotatable bonds is 8. The highest BCUT2D eigenvalue weighted by Crippen LogP contribution is 2.32. The van der Waals surface area contributed by atoms with E-state index in [1.165, 1.54) is 17.3 Å². The van der Waals surface area contributed by atoms with Crippen LogP contribution in [-0.2, 0) is 0 Å². The van der Waals surface area contributed by atoms with E-state index in [9.17, 15) is 0 Å². The second-order valence-corrected chi connectivity index (χ2v) is 5.27. The monoisotopic (exact) mass is 279 g/mol. The van der Waals surface area contributed by atoms with Crippen LogP contribution in [0.4, 0.5) is 0 Å². The van der Waals surface area contributed by atoms with Gasteiger partial charge in [-0.3, -0.25) is 0 Å². The Hall–Kier alpha value is -1.34. The van der Waals surface area contributed by atoms with Crippen molar-refractivity contribution in [2.45, 2.75) is 32.6 Å². The first kappa shape index (κ1) is 15.7. The summed E-state index contributed by atoms with van der Waals surface area (Å²) in [5.74, 6) is 2.85. The van der Waals surface area contributed by atoms with E-state index >= 15 is 0 Å². The summed E-state index contributed by atoms with van der Waals surface area (Å²) >= 11 is 1.30. The first-order chi connectivity index (χ1) is 9.22. The predicted octanol–water partition coefficient (Wildman–Crippen LogP) is 4.19. The normalized spacial score (nSPS) is 11.7. The quantitative estimate of drug-likeness (QED) is 0.528. The van der Waals surface area contributed by atoms with Gasteiger partial charge in [0, 0.05) is 5.75 Å². The zero-order valence-electron chi connectivity index (χ0n) is 11.8. The van der Waals surface area contributed by atoms with Crippen LogP contribution in [0, 0.1) is 10.7 Å². The minimum atomic E-state index is 0.412. The van der Waals surface area contributed by atoms with Crippen molar-refractivity contribution in [3.63, 3.8) is 0 Å². The summed E-state index contributed by atoms with van der Waals surface area (Å²) in [4.78, 5) is 0. The third-order valence-electron chi connectivity index (χ3n) is 2.94. The molecule has 1 aromatic carbocycles. The van der Waals surface area contributed by atoms with Gasteiger partial charge < -0.3 is 9.47 Å². The Morgan fingerprint density at radius 3 is 2.79 bits per heavy atom. The molecule has 1 unspecified atom stereocenters. The van der Waals surface area contributed by atoms with Crippen LogP contribution in [0.5, 0.6) is 11.5 Å². The molecule has 1 atom stereocenters.